The maximum atomic E-state index is 12.7. The molecule has 0 spiro atoms. The quantitative estimate of drug-likeness (QED) is 0.848. The van der Waals surface area contributed by atoms with Crippen molar-refractivity contribution in [1.82, 2.24) is 9.80 Å². The van der Waals surface area contributed by atoms with Gasteiger partial charge in [0.15, 0.2) is 0 Å². The molecule has 5 nitrogen and oxygen atoms in total. The van der Waals surface area contributed by atoms with Crippen LogP contribution < -0.4 is 0 Å². The van der Waals surface area contributed by atoms with Gasteiger partial charge in [-0.1, -0.05) is 6.92 Å². The molecule has 1 N–H and O–H groups in total. The van der Waals surface area contributed by atoms with Gasteiger partial charge in [0.05, 0.1) is 5.41 Å². The first kappa shape index (κ1) is 17.8. The van der Waals surface area contributed by atoms with E-state index in [0.29, 0.717) is 6.54 Å². The van der Waals surface area contributed by atoms with E-state index in [1.807, 2.05) is 23.6 Å². The van der Waals surface area contributed by atoms with Crippen LogP contribution in [0.2, 0.25) is 0 Å². The fourth-order valence-electron chi connectivity index (χ4n) is 2.91. The first-order valence-corrected chi connectivity index (χ1v) is 8.00. The van der Waals surface area contributed by atoms with E-state index in [9.17, 15) is 14.7 Å². The minimum absolute atomic E-state index is 0.0170. The Labute approximate surface area is 128 Å². The van der Waals surface area contributed by atoms with Gasteiger partial charge in [-0.2, -0.15) is 0 Å². The maximum Gasteiger partial charge on any atom is 0.320 e. The Hall–Kier alpha value is -1.26. The highest BCUT2D eigenvalue weighted by Gasteiger charge is 2.40. The summed E-state index contributed by atoms with van der Waals surface area (Å²) in [5.41, 5.74) is -0.785. The van der Waals surface area contributed by atoms with Crippen LogP contribution in [0.25, 0.3) is 0 Å². The molecule has 0 bridgehead atoms. The second kappa shape index (κ2) is 7.14. The molecule has 1 aliphatic heterocycles. The molecule has 1 aliphatic rings. The van der Waals surface area contributed by atoms with E-state index >= 15 is 0 Å². The largest absolute Gasteiger partial charge is 0.481 e. The molecular formula is C16H30N2O3. The molecule has 0 radical (unpaired) electrons. The van der Waals surface area contributed by atoms with Gasteiger partial charge in [-0.15, -0.1) is 0 Å². The highest BCUT2D eigenvalue weighted by molar-refractivity contribution is 5.76. The number of hydrogen-bond acceptors (Lipinski definition) is 2. The third kappa shape index (κ3) is 4.11. The van der Waals surface area contributed by atoms with E-state index in [1.54, 1.807) is 13.8 Å². The van der Waals surface area contributed by atoms with Crippen molar-refractivity contribution in [3.63, 3.8) is 0 Å². The molecule has 1 atom stereocenters. The average molecular weight is 298 g/mol. The highest BCUT2D eigenvalue weighted by Crippen LogP contribution is 2.34. The Morgan fingerprint density at radius 2 is 2.00 bits per heavy atom. The summed E-state index contributed by atoms with van der Waals surface area (Å²) in [4.78, 5) is 27.8. The first-order valence-electron chi connectivity index (χ1n) is 8.00. The van der Waals surface area contributed by atoms with Crippen molar-refractivity contribution in [2.75, 3.05) is 19.6 Å². The number of amides is 2. The van der Waals surface area contributed by atoms with Gasteiger partial charge in [-0.3, -0.25) is 4.79 Å². The molecule has 0 aromatic rings. The zero-order valence-electron chi connectivity index (χ0n) is 14.1. The lowest BCUT2D eigenvalue weighted by Crippen LogP contribution is -2.52. The zero-order chi connectivity index (χ0) is 16.2. The number of carboxylic acid groups (broad SMARTS) is 1. The Balaban J connectivity index is 2.80. The van der Waals surface area contributed by atoms with Crippen molar-refractivity contribution in [3.05, 3.63) is 0 Å². The summed E-state index contributed by atoms with van der Waals surface area (Å²) in [5, 5.41) is 9.39. The molecule has 0 aromatic heterocycles. The van der Waals surface area contributed by atoms with Crippen molar-refractivity contribution in [2.45, 2.75) is 59.9 Å². The molecule has 0 aliphatic carbocycles. The van der Waals surface area contributed by atoms with Gasteiger partial charge >= 0.3 is 12.0 Å². The van der Waals surface area contributed by atoms with Crippen LogP contribution in [0.15, 0.2) is 0 Å². The number of rotatable bonds is 5. The molecule has 122 valence electrons. The molecule has 0 saturated carbocycles. The van der Waals surface area contributed by atoms with Gasteiger partial charge in [0, 0.05) is 25.7 Å². The zero-order valence-corrected chi connectivity index (χ0v) is 14.1. The maximum absolute atomic E-state index is 12.7. The molecule has 1 unspecified atom stereocenters. The Morgan fingerprint density at radius 3 is 2.48 bits per heavy atom. The van der Waals surface area contributed by atoms with E-state index in [4.69, 9.17) is 0 Å². The van der Waals surface area contributed by atoms with Gasteiger partial charge < -0.3 is 14.9 Å². The van der Waals surface area contributed by atoms with Crippen LogP contribution >= 0.6 is 0 Å². The van der Waals surface area contributed by atoms with Crippen molar-refractivity contribution in [1.29, 1.82) is 0 Å². The number of piperidine rings is 1. The number of carbonyl (C=O) groups excluding carboxylic acids is 1. The Bertz CT molecular complexity index is 380. The molecule has 2 amide bonds. The molecule has 21 heavy (non-hydrogen) atoms. The Morgan fingerprint density at radius 1 is 1.38 bits per heavy atom. The van der Waals surface area contributed by atoms with Crippen LogP contribution in [-0.4, -0.2) is 52.6 Å². The SMILES string of the molecule is CCCN(C(=O)N1CCCC(C(C)(C)C(=O)O)C1)C(C)C. The number of likely N-dealkylation sites (tertiary alicyclic amines) is 1. The summed E-state index contributed by atoms with van der Waals surface area (Å²) < 4.78 is 0. The number of urea groups is 1. The van der Waals surface area contributed by atoms with Gasteiger partial charge in [0.1, 0.15) is 0 Å². The highest BCUT2D eigenvalue weighted by atomic mass is 16.4. The Kier molecular flexibility index (Phi) is 6.05. The van der Waals surface area contributed by atoms with Crippen LogP contribution in [0.3, 0.4) is 0 Å². The molecule has 1 heterocycles. The first-order chi connectivity index (χ1) is 9.71. The predicted molar refractivity (Wildman–Crippen MR) is 83.2 cm³/mol. The third-order valence-electron chi connectivity index (χ3n) is 4.60. The third-order valence-corrected chi connectivity index (χ3v) is 4.60. The summed E-state index contributed by atoms with van der Waals surface area (Å²) in [6, 6.07) is 0.225. The van der Waals surface area contributed by atoms with E-state index in [-0.39, 0.29) is 18.0 Å². The summed E-state index contributed by atoms with van der Waals surface area (Å²) >= 11 is 0. The molecule has 1 saturated heterocycles. The van der Waals surface area contributed by atoms with Crippen LogP contribution in [0.5, 0.6) is 0 Å². The van der Waals surface area contributed by atoms with Crippen molar-refractivity contribution < 1.29 is 14.7 Å². The minimum atomic E-state index is -0.785. The van der Waals surface area contributed by atoms with Crippen LogP contribution in [-0.2, 0) is 4.79 Å². The molecule has 5 heteroatoms. The van der Waals surface area contributed by atoms with Crippen molar-refractivity contribution >= 4 is 12.0 Å². The topological polar surface area (TPSA) is 60.9 Å². The minimum Gasteiger partial charge on any atom is -0.481 e. The molecule has 1 fully saturated rings. The number of hydrogen-bond donors (Lipinski definition) is 1. The van der Waals surface area contributed by atoms with Crippen molar-refractivity contribution in [3.8, 4) is 0 Å². The lowest BCUT2D eigenvalue weighted by atomic mass is 9.74. The fourth-order valence-corrected chi connectivity index (χ4v) is 2.91. The van der Waals surface area contributed by atoms with E-state index in [2.05, 4.69) is 6.92 Å². The second-order valence-electron chi connectivity index (χ2n) is 6.88. The molecular weight excluding hydrogens is 268 g/mol. The van der Waals surface area contributed by atoms with E-state index < -0.39 is 11.4 Å². The number of carbonyl (C=O) groups is 2. The summed E-state index contributed by atoms with van der Waals surface area (Å²) in [6.07, 6.45) is 2.69. The van der Waals surface area contributed by atoms with Crippen molar-refractivity contribution in [2.24, 2.45) is 11.3 Å². The van der Waals surface area contributed by atoms with Crippen LogP contribution in [0.1, 0.15) is 53.9 Å². The van der Waals surface area contributed by atoms with Gasteiger partial charge in [-0.05, 0) is 52.9 Å². The van der Waals surface area contributed by atoms with Gasteiger partial charge in [0.2, 0.25) is 0 Å². The predicted octanol–water partition coefficient (Wildman–Crippen LogP) is 3.05. The van der Waals surface area contributed by atoms with E-state index in [1.165, 1.54) is 0 Å². The normalized spacial score (nSPS) is 19.7. The number of nitrogens with zero attached hydrogens (tertiary/aromatic N) is 2. The lowest BCUT2D eigenvalue weighted by molar-refractivity contribution is -0.151. The summed E-state index contributed by atoms with van der Waals surface area (Å²) in [6.45, 7) is 11.7. The molecule has 0 aromatic carbocycles. The lowest BCUT2D eigenvalue weighted by Gasteiger charge is -2.41. The molecule has 1 rings (SSSR count). The number of carboxylic acids is 1. The van der Waals surface area contributed by atoms with Crippen LogP contribution in [0, 0.1) is 11.3 Å². The smallest absolute Gasteiger partial charge is 0.320 e. The fraction of sp³-hybridized carbons (Fsp3) is 0.875. The second-order valence-corrected chi connectivity index (χ2v) is 6.88. The van der Waals surface area contributed by atoms with Gasteiger partial charge in [0.25, 0.3) is 0 Å². The van der Waals surface area contributed by atoms with Gasteiger partial charge in [-0.25, -0.2) is 4.79 Å². The summed E-state index contributed by atoms with van der Waals surface area (Å²) in [5.74, 6) is -0.764. The van der Waals surface area contributed by atoms with Crippen LogP contribution in [0.4, 0.5) is 4.79 Å². The number of aliphatic carboxylic acids is 1. The van der Waals surface area contributed by atoms with E-state index in [0.717, 1.165) is 32.4 Å². The summed E-state index contributed by atoms with van der Waals surface area (Å²) in [7, 11) is 0. The standard InChI is InChI=1S/C16H30N2O3/c1-6-9-18(12(2)3)15(21)17-10-7-8-13(11-17)16(4,5)14(19)20/h12-13H,6-11H2,1-5H3,(H,19,20). The average Bonchev–Trinajstić information content (AvgIpc) is 2.43. The monoisotopic (exact) mass is 298 g/mol.